The molecule has 5 aromatic rings. The molecular formula is C29H30N4O3. The average Bonchev–Trinajstić information content (AvgIpc) is 3.48. The highest BCUT2D eigenvalue weighted by Gasteiger charge is 2.27. The number of ether oxygens (including phenoxy) is 2. The highest BCUT2D eigenvalue weighted by atomic mass is 16.5. The lowest BCUT2D eigenvalue weighted by molar-refractivity contribution is 0.0828. The van der Waals surface area contributed by atoms with Gasteiger partial charge in [0.05, 0.1) is 41.6 Å². The first-order valence-corrected chi connectivity index (χ1v) is 12.5. The monoisotopic (exact) mass is 482 g/mol. The second kappa shape index (κ2) is 9.06. The van der Waals surface area contributed by atoms with Crippen molar-refractivity contribution in [2.75, 3.05) is 20.3 Å². The molecule has 3 aromatic heterocycles. The van der Waals surface area contributed by atoms with Gasteiger partial charge in [-0.05, 0) is 51.3 Å². The molecule has 36 heavy (non-hydrogen) atoms. The second-order valence-corrected chi connectivity index (χ2v) is 9.57. The van der Waals surface area contributed by atoms with Gasteiger partial charge in [-0.15, -0.1) is 0 Å². The lowest BCUT2D eigenvalue weighted by atomic mass is 9.98. The molecule has 1 aliphatic heterocycles. The van der Waals surface area contributed by atoms with Crippen LogP contribution in [0.25, 0.3) is 33.1 Å². The quantitative estimate of drug-likeness (QED) is 0.290. The molecule has 6 rings (SSSR count). The lowest BCUT2D eigenvalue weighted by Crippen LogP contribution is -2.20. The van der Waals surface area contributed by atoms with Crippen LogP contribution in [0.5, 0.6) is 5.75 Å². The number of methoxy groups -OCH3 is 1. The van der Waals surface area contributed by atoms with E-state index in [0.717, 1.165) is 82.1 Å². The summed E-state index contributed by atoms with van der Waals surface area (Å²) in [5.74, 6) is 2.97. The Balaban J connectivity index is 1.64. The normalized spacial score (nSPS) is 15.6. The van der Waals surface area contributed by atoms with E-state index in [0.29, 0.717) is 5.92 Å². The number of nitrogens with zero attached hydrogens (tertiary/aromatic N) is 4. The van der Waals surface area contributed by atoms with Crippen molar-refractivity contribution in [3.8, 4) is 16.9 Å². The third kappa shape index (κ3) is 3.66. The van der Waals surface area contributed by atoms with E-state index in [1.807, 2.05) is 20.0 Å². The fourth-order valence-corrected chi connectivity index (χ4v) is 5.57. The summed E-state index contributed by atoms with van der Waals surface area (Å²) in [6, 6.07) is 14.9. The molecule has 1 fully saturated rings. The van der Waals surface area contributed by atoms with Crippen LogP contribution in [0.1, 0.15) is 54.6 Å². The second-order valence-electron chi connectivity index (χ2n) is 9.57. The minimum absolute atomic E-state index is 0.105. The van der Waals surface area contributed by atoms with Crippen molar-refractivity contribution in [2.45, 2.75) is 45.6 Å². The van der Waals surface area contributed by atoms with Gasteiger partial charge in [0, 0.05) is 30.1 Å². The molecule has 0 bridgehead atoms. The van der Waals surface area contributed by atoms with Gasteiger partial charge in [0.15, 0.2) is 0 Å². The van der Waals surface area contributed by atoms with Crippen LogP contribution < -0.4 is 4.74 Å². The molecule has 184 valence electrons. The molecule has 0 N–H and O–H groups in total. The van der Waals surface area contributed by atoms with Gasteiger partial charge in [0.2, 0.25) is 0 Å². The van der Waals surface area contributed by atoms with E-state index in [1.54, 1.807) is 7.11 Å². The van der Waals surface area contributed by atoms with Crippen molar-refractivity contribution in [1.82, 2.24) is 19.7 Å². The average molecular weight is 483 g/mol. The number of benzene rings is 2. The maximum absolute atomic E-state index is 5.90. The van der Waals surface area contributed by atoms with Crippen LogP contribution in [0.15, 0.2) is 53.2 Å². The Labute approximate surface area is 210 Å². The zero-order valence-electron chi connectivity index (χ0n) is 21.1. The van der Waals surface area contributed by atoms with Gasteiger partial charge in [-0.3, -0.25) is 4.98 Å². The molecule has 0 aliphatic carbocycles. The topological polar surface area (TPSA) is 75.2 Å². The molecule has 0 radical (unpaired) electrons. The summed E-state index contributed by atoms with van der Waals surface area (Å²) >= 11 is 0. The molecule has 0 amide bonds. The summed E-state index contributed by atoms with van der Waals surface area (Å²) in [6.45, 7) is 7.65. The molecule has 1 atom stereocenters. The Hall–Kier alpha value is -3.71. The maximum Gasteiger partial charge on any atom is 0.141 e. The third-order valence-electron chi connectivity index (χ3n) is 7.42. The van der Waals surface area contributed by atoms with Crippen LogP contribution >= 0.6 is 0 Å². The van der Waals surface area contributed by atoms with Crippen molar-refractivity contribution >= 4 is 21.9 Å². The van der Waals surface area contributed by atoms with Gasteiger partial charge < -0.3 is 18.6 Å². The third-order valence-corrected chi connectivity index (χ3v) is 7.42. The maximum atomic E-state index is 5.90. The van der Waals surface area contributed by atoms with Gasteiger partial charge in [0.1, 0.15) is 22.9 Å². The molecule has 7 heteroatoms. The zero-order chi connectivity index (χ0) is 24.8. The summed E-state index contributed by atoms with van der Waals surface area (Å²) in [5, 5.41) is 5.17. The first-order chi connectivity index (χ1) is 17.6. The summed E-state index contributed by atoms with van der Waals surface area (Å²) < 4.78 is 19.4. The standard InChI is InChI=1S/C29H30N4O3/c1-17-27(19(3)36-32-17)23-14-24-22(15-26(23)34-4)28-25(16-30-24)31-29(21-10-12-35-13-11-21)33(28)18(2)20-8-6-5-7-9-20/h5-9,14-16,18,21H,10-13H2,1-4H3/t18-/m1/s1. The van der Waals surface area contributed by atoms with E-state index in [-0.39, 0.29) is 6.04 Å². The van der Waals surface area contributed by atoms with Crippen molar-refractivity contribution in [1.29, 1.82) is 0 Å². The predicted octanol–water partition coefficient (Wildman–Crippen LogP) is 6.37. The Morgan fingerprint density at radius 1 is 1.06 bits per heavy atom. The van der Waals surface area contributed by atoms with Crippen molar-refractivity contribution in [3.63, 3.8) is 0 Å². The molecule has 4 heterocycles. The number of aromatic nitrogens is 4. The highest BCUT2D eigenvalue weighted by molar-refractivity contribution is 6.05. The van der Waals surface area contributed by atoms with Gasteiger partial charge in [-0.25, -0.2) is 4.98 Å². The molecule has 0 spiro atoms. The van der Waals surface area contributed by atoms with E-state index in [9.17, 15) is 0 Å². The Morgan fingerprint density at radius 2 is 1.83 bits per heavy atom. The number of fused-ring (bicyclic) bond motifs is 3. The number of pyridine rings is 1. The van der Waals surface area contributed by atoms with Gasteiger partial charge in [0.25, 0.3) is 0 Å². The number of imidazole rings is 1. The predicted molar refractivity (Wildman–Crippen MR) is 140 cm³/mol. The smallest absolute Gasteiger partial charge is 0.141 e. The van der Waals surface area contributed by atoms with E-state index >= 15 is 0 Å². The Morgan fingerprint density at radius 3 is 2.53 bits per heavy atom. The first-order valence-electron chi connectivity index (χ1n) is 12.5. The Bertz CT molecular complexity index is 1530. The summed E-state index contributed by atoms with van der Waals surface area (Å²) in [7, 11) is 1.70. The highest BCUT2D eigenvalue weighted by Crippen LogP contribution is 2.41. The number of hydrogen-bond acceptors (Lipinski definition) is 6. The van der Waals surface area contributed by atoms with Gasteiger partial charge >= 0.3 is 0 Å². The fourth-order valence-electron chi connectivity index (χ4n) is 5.57. The fraction of sp³-hybridized carbons (Fsp3) is 0.345. The number of hydrogen-bond donors (Lipinski definition) is 0. The largest absolute Gasteiger partial charge is 0.496 e. The molecule has 0 unspecified atom stereocenters. The molecule has 7 nitrogen and oxygen atoms in total. The molecule has 1 saturated heterocycles. The van der Waals surface area contributed by atoms with E-state index in [2.05, 4.69) is 59.1 Å². The number of rotatable bonds is 5. The summed E-state index contributed by atoms with van der Waals surface area (Å²) in [5.41, 5.74) is 6.83. The summed E-state index contributed by atoms with van der Waals surface area (Å²) in [4.78, 5) is 10.0. The van der Waals surface area contributed by atoms with E-state index < -0.39 is 0 Å². The zero-order valence-corrected chi connectivity index (χ0v) is 21.1. The summed E-state index contributed by atoms with van der Waals surface area (Å²) in [6.07, 6.45) is 3.84. The minimum Gasteiger partial charge on any atom is -0.496 e. The molecule has 0 saturated carbocycles. The van der Waals surface area contributed by atoms with Gasteiger partial charge in [-0.1, -0.05) is 35.5 Å². The van der Waals surface area contributed by atoms with Crippen molar-refractivity contribution < 1.29 is 14.0 Å². The van der Waals surface area contributed by atoms with Crippen LogP contribution in [-0.2, 0) is 4.74 Å². The Kier molecular flexibility index (Phi) is 5.72. The SMILES string of the molecule is COc1cc2c(cc1-c1c(C)noc1C)ncc1nc(C3CCOCC3)n([C@H](C)c3ccccc3)c12. The lowest BCUT2D eigenvalue weighted by Gasteiger charge is -2.26. The number of aryl methyl sites for hydroxylation is 2. The van der Waals surface area contributed by atoms with Crippen LogP contribution in [0.3, 0.4) is 0 Å². The van der Waals surface area contributed by atoms with Crippen LogP contribution in [0.2, 0.25) is 0 Å². The minimum atomic E-state index is 0.105. The first kappa shape index (κ1) is 22.7. The van der Waals surface area contributed by atoms with Crippen LogP contribution in [0.4, 0.5) is 0 Å². The van der Waals surface area contributed by atoms with Crippen LogP contribution in [0, 0.1) is 13.8 Å². The molecular weight excluding hydrogens is 452 g/mol. The molecule has 1 aliphatic rings. The van der Waals surface area contributed by atoms with E-state index in [4.69, 9.17) is 24.0 Å². The molecule has 2 aromatic carbocycles. The van der Waals surface area contributed by atoms with E-state index in [1.165, 1.54) is 5.56 Å². The van der Waals surface area contributed by atoms with Gasteiger partial charge in [-0.2, -0.15) is 0 Å². The van der Waals surface area contributed by atoms with Crippen LogP contribution in [-0.4, -0.2) is 40.0 Å². The van der Waals surface area contributed by atoms with Crippen molar-refractivity contribution in [2.24, 2.45) is 0 Å². The van der Waals surface area contributed by atoms with Crippen molar-refractivity contribution in [3.05, 3.63) is 71.5 Å².